The van der Waals surface area contributed by atoms with Crippen LogP contribution in [0.4, 0.5) is 5.69 Å². The Morgan fingerprint density at radius 3 is 2.76 bits per heavy atom. The number of nitrogens with zero attached hydrogens (tertiary/aromatic N) is 4. The third kappa shape index (κ3) is 4.78. The predicted molar refractivity (Wildman–Crippen MR) is 113 cm³/mol. The third-order valence-corrected chi connectivity index (χ3v) is 5.56. The summed E-state index contributed by atoms with van der Waals surface area (Å²) < 4.78 is 7.30. The molecular formula is C20H18ClN5O2S. The molecule has 1 N–H and O–H groups in total. The van der Waals surface area contributed by atoms with E-state index in [1.807, 2.05) is 35.9 Å². The molecule has 2 heterocycles. The number of amides is 1. The van der Waals surface area contributed by atoms with Gasteiger partial charge in [0.25, 0.3) is 0 Å². The Labute approximate surface area is 176 Å². The Morgan fingerprint density at radius 1 is 1.17 bits per heavy atom. The van der Waals surface area contributed by atoms with Gasteiger partial charge in [0.1, 0.15) is 0 Å². The minimum absolute atomic E-state index is 0.124. The van der Waals surface area contributed by atoms with E-state index in [2.05, 4.69) is 20.4 Å². The lowest BCUT2D eigenvalue weighted by Crippen LogP contribution is -2.12. The highest BCUT2D eigenvalue weighted by Crippen LogP contribution is 2.25. The van der Waals surface area contributed by atoms with Crippen LogP contribution in [-0.2, 0) is 24.0 Å². The molecule has 0 fully saturated rings. The minimum atomic E-state index is -0.124. The normalized spacial score (nSPS) is 11.1. The van der Waals surface area contributed by atoms with Gasteiger partial charge in [-0.2, -0.15) is 4.98 Å². The standard InChI is InChI=1S/C20H18ClN5O2S/c1-26-16-5-3-2-4-15(16)23-20(26)29-12-17-24-19(28-25-17)11-10-18(27)22-14-8-6-13(21)7-9-14/h2-9H,10-12H2,1H3,(H,22,27). The molecule has 0 aliphatic carbocycles. The van der Waals surface area contributed by atoms with E-state index in [9.17, 15) is 4.79 Å². The van der Waals surface area contributed by atoms with Gasteiger partial charge < -0.3 is 14.4 Å². The van der Waals surface area contributed by atoms with Crippen LogP contribution in [0.25, 0.3) is 11.0 Å². The number of fused-ring (bicyclic) bond motifs is 1. The summed E-state index contributed by atoms with van der Waals surface area (Å²) in [5.74, 6) is 1.44. The zero-order valence-electron chi connectivity index (χ0n) is 15.6. The second-order valence-corrected chi connectivity index (χ2v) is 7.77. The maximum atomic E-state index is 12.1. The van der Waals surface area contributed by atoms with Crippen molar-refractivity contribution < 1.29 is 9.32 Å². The molecule has 0 radical (unpaired) electrons. The first-order chi connectivity index (χ1) is 14.1. The van der Waals surface area contributed by atoms with Gasteiger partial charge >= 0.3 is 0 Å². The number of carbonyl (C=O) groups is 1. The molecule has 4 aromatic rings. The van der Waals surface area contributed by atoms with Gasteiger partial charge in [-0.15, -0.1) is 0 Å². The average molecular weight is 428 g/mol. The maximum absolute atomic E-state index is 12.1. The third-order valence-electron chi connectivity index (χ3n) is 4.28. The number of nitrogens with one attached hydrogen (secondary N) is 1. The van der Waals surface area contributed by atoms with E-state index in [0.717, 1.165) is 16.2 Å². The second-order valence-electron chi connectivity index (χ2n) is 6.39. The molecule has 0 saturated heterocycles. The monoisotopic (exact) mass is 427 g/mol. The van der Waals surface area contributed by atoms with E-state index >= 15 is 0 Å². The summed E-state index contributed by atoms with van der Waals surface area (Å²) in [6.07, 6.45) is 0.630. The molecule has 0 atom stereocenters. The number of anilines is 1. The van der Waals surface area contributed by atoms with E-state index in [1.165, 1.54) is 0 Å². The quantitative estimate of drug-likeness (QED) is 0.438. The smallest absolute Gasteiger partial charge is 0.227 e. The van der Waals surface area contributed by atoms with E-state index in [4.69, 9.17) is 16.1 Å². The van der Waals surface area contributed by atoms with Crippen molar-refractivity contribution in [1.29, 1.82) is 0 Å². The van der Waals surface area contributed by atoms with Gasteiger partial charge in [-0.1, -0.05) is 40.7 Å². The number of thioether (sulfide) groups is 1. The van der Waals surface area contributed by atoms with Gasteiger partial charge in [0.2, 0.25) is 11.8 Å². The predicted octanol–water partition coefficient (Wildman–Crippen LogP) is 4.47. The number of aryl methyl sites for hydroxylation is 2. The fraction of sp³-hybridized carbons (Fsp3) is 0.200. The highest BCUT2D eigenvalue weighted by molar-refractivity contribution is 7.98. The molecule has 9 heteroatoms. The van der Waals surface area contributed by atoms with Crippen molar-refractivity contribution in [1.82, 2.24) is 19.7 Å². The number of aromatic nitrogens is 4. The minimum Gasteiger partial charge on any atom is -0.339 e. The number of hydrogen-bond acceptors (Lipinski definition) is 6. The molecule has 1 amide bonds. The van der Waals surface area contributed by atoms with Crippen LogP contribution in [0.1, 0.15) is 18.1 Å². The van der Waals surface area contributed by atoms with Crippen LogP contribution >= 0.6 is 23.4 Å². The summed E-state index contributed by atoms with van der Waals surface area (Å²) in [4.78, 5) is 21.0. The molecule has 2 aromatic carbocycles. The largest absolute Gasteiger partial charge is 0.339 e. The lowest BCUT2D eigenvalue weighted by Gasteiger charge is -2.03. The molecule has 0 saturated carbocycles. The highest BCUT2D eigenvalue weighted by atomic mass is 35.5. The molecule has 0 unspecified atom stereocenters. The van der Waals surface area contributed by atoms with Crippen molar-refractivity contribution in [3.05, 3.63) is 65.3 Å². The molecule has 7 nitrogen and oxygen atoms in total. The van der Waals surface area contributed by atoms with Crippen LogP contribution in [0.2, 0.25) is 5.02 Å². The number of halogens is 1. The van der Waals surface area contributed by atoms with Crippen molar-refractivity contribution >= 4 is 46.0 Å². The number of carbonyl (C=O) groups excluding carboxylic acids is 1. The molecule has 4 rings (SSSR count). The summed E-state index contributed by atoms with van der Waals surface area (Å²) in [5, 5.41) is 8.32. The Kier molecular flexibility index (Phi) is 5.82. The van der Waals surface area contributed by atoms with Gasteiger partial charge in [-0.3, -0.25) is 4.79 Å². The van der Waals surface area contributed by atoms with E-state index in [0.29, 0.717) is 34.6 Å². The fourth-order valence-corrected chi connectivity index (χ4v) is 3.77. The van der Waals surface area contributed by atoms with Crippen LogP contribution in [-0.4, -0.2) is 25.6 Å². The molecule has 148 valence electrons. The first kappa shape index (κ1) is 19.5. The molecule has 0 aliphatic heterocycles. The van der Waals surface area contributed by atoms with Crippen molar-refractivity contribution in [2.24, 2.45) is 7.05 Å². The van der Waals surface area contributed by atoms with Crippen LogP contribution < -0.4 is 5.32 Å². The molecule has 2 aromatic heterocycles. The Balaban J connectivity index is 1.29. The number of para-hydroxylation sites is 2. The fourth-order valence-electron chi connectivity index (χ4n) is 2.81. The summed E-state index contributed by atoms with van der Waals surface area (Å²) in [6.45, 7) is 0. The summed E-state index contributed by atoms with van der Waals surface area (Å²) >= 11 is 7.38. The van der Waals surface area contributed by atoms with Gasteiger partial charge in [0.05, 0.1) is 16.8 Å². The van der Waals surface area contributed by atoms with Gasteiger partial charge in [0, 0.05) is 30.6 Å². The van der Waals surface area contributed by atoms with Crippen LogP contribution in [0.15, 0.2) is 58.2 Å². The molecular weight excluding hydrogens is 410 g/mol. The highest BCUT2D eigenvalue weighted by Gasteiger charge is 2.12. The van der Waals surface area contributed by atoms with E-state index in [1.54, 1.807) is 36.0 Å². The topological polar surface area (TPSA) is 85.8 Å². The van der Waals surface area contributed by atoms with Gasteiger partial charge in [0.15, 0.2) is 11.0 Å². The zero-order valence-corrected chi connectivity index (χ0v) is 17.2. The van der Waals surface area contributed by atoms with Crippen LogP contribution in [0.3, 0.4) is 0 Å². The van der Waals surface area contributed by atoms with Crippen molar-refractivity contribution in [3.8, 4) is 0 Å². The van der Waals surface area contributed by atoms with Crippen molar-refractivity contribution in [3.63, 3.8) is 0 Å². The summed E-state index contributed by atoms with van der Waals surface area (Å²) in [5.41, 5.74) is 2.73. The number of benzene rings is 2. The van der Waals surface area contributed by atoms with Gasteiger partial charge in [-0.05, 0) is 36.4 Å². The van der Waals surface area contributed by atoms with Crippen molar-refractivity contribution in [2.75, 3.05) is 5.32 Å². The molecule has 0 aliphatic rings. The lowest BCUT2D eigenvalue weighted by molar-refractivity contribution is -0.116. The first-order valence-electron chi connectivity index (χ1n) is 8.99. The van der Waals surface area contributed by atoms with Crippen LogP contribution in [0.5, 0.6) is 0 Å². The lowest BCUT2D eigenvalue weighted by atomic mass is 10.2. The maximum Gasteiger partial charge on any atom is 0.227 e. The van der Waals surface area contributed by atoms with Crippen LogP contribution in [0, 0.1) is 0 Å². The molecule has 0 spiro atoms. The van der Waals surface area contributed by atoms with E-state index < -0.39 is 0 Å². The summed E-state index contributed by atoms with van der Waals surface area (Å²) in [6, 6.07) is 14.9. The van der Waals surface area contributed by atoms with Gasteiger partial charge in [-0.25, -0.2) is 4.98 Å². The molecule has 0 bridgehead atoms. The second kappa shape index (κ2) is 8.67. The Hall–Kier alpha value is -2.84. The Morgan fingerprint density at radius 2 is 1.97 bits per heavy atom. The van der Waals surface area contributed by atoms with E-state index in [-0.39, 0.29) is 12.3 Å². The number of rotatable bonds is 7. The molecule has 29 heavy (non-hydrogen) atoms. The number of imidazole rings is 1. The Bertz CT molecular complexity index is 1140. The zero-order chi connectivity index (χ0) is 20.2. The van der Waals surface area contributed by atoms with Crippen molar-refractivity contribution in [2.45, 2.75) is 23.8 Å². The first-order valence-corrected chi connectivity index (χ1v) is 10.4. The number of hydrogen-bond donors (Lipinski definition) is 1. The SMILES string of the molecule is Cn1c(SCc2noc(CCC(=O)Nc3ccc(Cl)cc3)n2)nc2ccccc21. The summed E-state index contributed by atoms with van der Waals surface area (Å²) in [7, 11) is 1.98. The average Bonchev–Trinajstić information content (AvgIpc) is 3.31.